The molecular formula is C17H23N3. The van der Waals surface area contributed by atoms with E-state index in [0.717, 1.165) is 30.8 Å². The highest BCUT2D eigenvalue weighted by molar-refractivity contribution is 5.27. The molecule has 0 fully saturated rings. The summed E-state index contributed by atoms with van der Waals surface area (Å²) in [6, 6.07) is 8.76. The third-order valence-electron chi connectivity index (χ3n) is 3.48. The molecule has 0 aliphatic heterocycles. The van der Waals surface area contributed by atoms with Crippen LogP contribution in [0.5, 0.6) is 0 Å². The summed E-state index contributed by atoms with van der Waals surface area (Å²) in [4.78, 5) is 8.90. The van der Waals surface area contributed by atoms with Crippen molar-refractivity contribution in [2.24, 2.45) is 0 Å². The van der Waals surface area contributed by atoms with Gasteiger partial charge in [0.05, 0.1) is 23.6 Å². The molecule has 106 valence electrons. The largest absolute Gasteiger partial charge is 0.308 e. The molecule has 0 saturated heterocycles. The molecule has 3 heteroatoms. The van der Waals surface area contributed by atoms with Gasteiger partial charge in [-0.2, -0.15) is 0 Å². The highest BCUT2D eigenvalue weighted by Gasteiger charge is 2.14. The minimum absolute atomic E-state index is 0.226. The van der Waals surface area contributed by atoms with Gasteiger partial charge in [0.15, 0.2) is 0 Å². The van der Waals surface area contributed by atoms with E-state index in [1.807, 2.05) is 19.3 Å². The Hall–Kier alpha value is -1.74. The van der Waals surface area contributed by atoms with Gasteiger partial charge >= 0.3 is 0 Å². The Morgan fingerprint density at radius 1 is 1.10 bits per heavy atom. The molecule has 0 aliphatic rings. The van der Waals surface area contributed by atoms with Crippen LogP contribution in [0.3, 0.4) is 0 Å². The van der Waals surface area contributed by atoms with Crippen LogP contribution in [0.4, 0.5) is 0 Å². The van der Waals surface area contributed by atoms with Crippen LogP contribution in [-0.4, -0.2) is 16.5 Å². The number of hydrogen-bond donors (Lipinski definition) is 1. The van der Waals surface area contributed by atoms with Crippen molar-refractivity contribution in [3.8, 4) is 0 Å². The monoisotopic (exact) mass is 269 g/mol. The van der Waals surface area contributed by atoms with E-state index in [0.29, 0.717) is 0 Å². The van der Waals surface area contributed by atoms with E-state index in [-0.39, 0.29) is 6.04 Å². The first-order valence-corrected chi connectivity index (χ1v) is 7.27. The van der Waals surface area contributed by atoms with Crippen molar-refractivity contribution in [3.63, 3.8) is 0 Å². The molecule has 0 amide bonds. The quantitative estimate of drug-likeness (QED) is 0.873. The van der Waals surface area contributed by atoms with Crippen LogP contribution in [0.2, 0.25) is 0 Å². The van der Waals surface area contributed by atoms with Crippen LogP contribution in [0.15, 0.2) is 36.7 Å². The summed E-state index contributed by atoms with van der Waals surface area (Å²) in [5, 5.41) is 3.58. The smallest absolute Gasteiger partial charge is 0.0759 e. The van der Waals surface area contributed by atoms with Crippen molar-refractivity contribution < 1.29 is 0 Å². The SMILES string of the molecule is CCCNC(Cc1ccccc1C)c1cnc(C)cn1. The zero-order valence-electron chi connectivity index (χ0n) is 12.6. The molecule has 0 saturated carbocycles. The molecule has 1 aromatic heterocycles. The number of aromatic nitrogens is 2. The van der Waals surface area contributed by atoms with E-state index >= 15 is 0 Å². The van der Waals surface area contributed by atoms with E-state index in [1.165, 1.54) is 11.1 Å². The van der Waals surface area contributed by atoms with Gasteiger partial charge in [0.25, 0.3) is 0 Å². The van der Waals surface area contributed by atoms with Crippen LogP contribution in [0.1, 0.15) is 41.9 Å². The Morgan fingerprint density at radius 3 is 2.55 bits per heavy atom. The minimum Gasteiger partial charge on any atom is -0.308 e. The highest BCUT2D eigenvalue weighted by atomic mass is 14.9. The first-order chi connectivity index (χ1) is 9.70. The second kappa shape index (κ2) is 7.15. The molecule has 3 nitrogen and oxygen atoms in total. The Morgan fingerprint density at radius 2 is 1.90 bits per heavy atom. The van der Waals surface area contributed by atoms with Gasteiger partial charge in [-0.15, -0.1) is 0 Å². The van der Waals surface area contributed by atoms with Crippen molar-refractivity contribution in [2.45, 2.75) is 39.7 Å². The molecule has 2 rings (SSSR count). The Bertz CT molecular complexity index is 534. The van der Waals surface area contributed by atoms with E-state index in [9.17, 15) is 0 Å². The number of rotatable bonds is 6. The maximum absolute atomic E-state index is 4.53. The molecule has 1 aromatic carbocycles. The summed E-state index contributed by atoms with van der Waals surface area (Å²) >= 11 is 0. The molecule has 20 heavy (non-hydrogen) atoms. The topological polar surface area (TPSA) is 37.8 Å². The van der Waals surface area contributed by atoms with Gasteiger partial charge in [-0.3, -0.25) is 9.97 Å². The molecule has 0 bridgehead atoms. The number of hydrogen-bond acceptors (Lipinski definition) is 3. The molecule has 1 atom stereocenters. The summed E-state index contributed by atoms with van der Waals surface area (Å²) in [5.41, 5.74) is 4.67. The zero-order valence-corrected chi connectivity index (χ0v) is 12.6. The van der Waals surface area contributed by atoms with Crippen LogP contribution in [-0.2, 0) is 6.42 Å². The fourth-order valence-corrected chi connectivity index (χ4v) is 2.24. The summed E-state index contributed by atoms with van der Waals surface area (Å²) in [7, 11) is 0. The minimum atomic E-state index is 0.226. The second-order valence-electron chi connectivity index (χ2n) is 5.22. The van der Waals surface area contributed by atoms with E-state index < -0.39 is 0 Å². The van der Waals surface area contributed by atoms with Gasteiger partial charge in [-0.1, -0.05) is 31.2 Å². The predicted molar refractivity (Wildman–Crippen MR) is 82.7 cm³/mol. The highest BCUT2D eigenvalue weighted by Crippen LogP contribution is 2.18. The van der Waals surface area contributed by atoms with Gasteiger partial charge in [-0.25, -0.2) is 0 Å². The van der Waals surface area contributed by atoms with Crippen LogP contribution < -0.4 is 5.32 Å². The summed E-state index contributed by atoms with van der Waals surface area (Å²) in [6.07, 6.45) is 5.79. The molecular weight excluding hydrogens is 246 g/mol. The predicted octanol–water partition coefficient (Wildman–Crippen LogP) is 3.38. The molecule has 0 spiro atoms. The molecule has 1 unspecified atom stereocenters. The Balaban J connectivity index is 2.19. The average molecular weight is 269 g/mol. The van der Waals surface area contributed by atoms with Crippen molar-refractivity contribution in [1.29, 1.82) is 0 Å². The van der Waals surface area contributed by atoms with Gasteiger partial charge < -0.3 is 5.32 Å². The molecule has 0 radical (unpaired) electrons. The average Bonchev–Trinajstić information content (AvgIpc) is 2.46. The lowest BCUT2D eigenvalue weighted by Crippen LogP contribution is -2.25. The Kier molecular flexibility index (Phi) is 5.24. The first kappa shape index (κ1) is 14.7. The van der Waals surface area contributed by atoms with E-state index in [1.54, 1.807) is 0 Å². The second-order valence-corrected chi connectivity index (χ2v) is 5.22. The lowest BCUT2D eigenvalue weighted by molar-refractivity contribution is 0.515. The lowest BCUT2D eigenvalue weighted by atomic mass is 9.99. The summed E-state index contributed by atoms with van der Waals surface area (Å²) in [6.45, 7) is 7.30. The van der Waals surface area contributed by atoms with Gasteiger partial charge in [-0.05, 0) is 44.4 Å². The molecule has 1 N–H and O–H groups in total. The summed E-state index contributed by atoms with van der Waals surface area (Å²) in [5.74, 6) is 0. The standard InChI is InChI=1S/C17H23N3/c1-4-9-18-16(17-12-19-14(3)11-20-17)10-15-8-6-5-7-13(15)2/h5-8,11-12,16,18H,4,9-10H2,1-3H3. The van der Waals surface area contributed by atoms with Gasteiger partial charge in [0.1, 0.15) is 0 Å². The first-order valence-electron chi connectivity index (χ1n) is 7.27. The van der Waals surface area contributed by atoms with Crippen molar-refractivity contribution >= 4 is 0 Å². The van der Waals surface area contributed by atoms with Gasteiger partial charge in [0.2, 0.25) is 0 Å². The number of benzene rings is 1. The van der Waals surface area contributed by atoms with E-state index in [2.05, 4.69) is 53.4 Å². The molecule has 1 heterocycles. The number of nitrogens with one attached hydrogen (secondary N) is 1. The van der Waals surface area contributed by atoms with E-state index in [4.69, 9.17) is 0 Å². The zero-order chi connectivity index (χ0) is 14.4. The third kappa shape index (κ3) is 3.87. The normalized spacial score (nSPS) is 12.3. The molecule has 0 aliphatic carbocycles. The Labute approximate surface area is 121 Å². The van der Waals surface area contributed by atoms with Crippen molar-refractivity contribution in [1.82, 2.24) is 15.3 Å². The maximum Gasteiger partial charge on any atom is 0.0759 e. The fourth-order valence-electron chi connectivity index (χ4n) is 2.24. The number of aryl methyl sites for hydroxylation is 2. The summed E-state index contributed by atoms with van der Waals surface area (Å²) < 4.78 is 0. The van der Waals surface area contributed by atoms with Crippen molar-refractivity contribution in [3.05, 3.63) is 59.2 Å². The van der Waals surface area contributed by atoms with Crippen LogP contribution in [0, 0.1) is 13.8 Å². The number of nitrogens with zero attached hydrogens (tertiary/aromatic N) is 2. The fraction of sp³-hybridized carbons (Fsp3) is 0.412. The van der Waals surface area contributed by atoms with Crippen LogP contribution >= 0.6 is 0 Å². The van der Waals surface area contributed by atoms with Crippen molar-refractivity contribution in [2.75, 3.05) is 6.54 Å². The van der Waals surface area contributed by atoms with Gasteiger partial charge in [0, 0.05) is 6.20 Å². The van der Waals surface area contributed by atoms with Crippen LogP contribution in [0.25, 0.3) is 0 Å². The maximum atomic E-state index is 4.53. The lowest BCUT2D eigenvalue weighted by Gasteiger charge is -2.19. The molecule has 2 aromatic rings. The third-order valence-corrected chi connectivity index (χ3v) is 3.48.